The lowest BCUT2D eigenvalue weighted by atomic mass is 10.2. The summed E-state index contributed by atoms with van der Waals surface area (Å²) < 4.78 is 6.73. The van der Waals surface area contributed by atoms with Gasteiger partial charge in [-0.2, -0.15) is 0 Å². The monoisotopic (exact) mass is 391 g/mol. The van der Waals surface area contributed by atoms with Crippen molar-refractivity contribution in [2.45, 2.75) is 26.3 Å². The SMILES string of the molecule is CCNC(CC)c1nnc(-c2ccc(I)c(Cl)c2)o1. The Morgan fingerprint density at radius 2 is 2.16 bits per heavy atom. The van der Waals surface area contributed by atoms with Gasteiger partial charge in [-0.25, -0.2) is 0 Å². The van der Waals surface area contributed by atoms with Crippen molar-refractivity contribution in [2.75, 3.05) is 6.54 Å². The fourth-order valence-corrected chi connectivity index (χ4v) is 2.29. The van der Waals surface area contributed by atoms with Crippen molar-refractivity contribution in [1.29, 1.82) is 0 Å². The van der Waals surface area contributed by atoms with Gasteiger partial charge in [0.2, 0.25) is 11.8 Å². The Balaban J connectivity index is 2.27. The largest absolute Gasteiger partial charge is 0.419 e. The summed E-state index contributed by atoms with van der Waals surface area (Å²) in [5.74, 6) is 1.12. The molecule has 6 heteroatoms. The first kappa shape index (κ1) is 14.7. The molecule has 0 bridgehead atoms. The van der Waals surface area contributed by atoms with E-state index in [0.717, 1.165) is 22.1 Å². The topological polar surface area (TPSA) is 51.0 Å². The third kappa shape index (κ3) is 3.46. The summed E-state index contributed by atoms with van der Waals surface area (Å²) in [5.41, 5.74) is 0.843. The molecule has 1 aromatic heterocycles. The molecule has 1 unspecified atom stereocenters. The van der Waals surface area contributed by atoms with E-state index in [9.17, 15) is 0 Å². The summed E-state index contributed by atoms with van der Waals surface area (Å²) in [7, 11) is 0. The van der Waals surface area contributed by atoms with Gasteiger partial charge in [-0.05, 0) is 53.8 Å². The van der Waals surface area contributed by atoms with Gasteiger partial charge in [-0.3, -0.25) is 0 Å². The summed E-state index contributed by atoms with van der Waals surface area (Å²) in [6, 6.07) is 5.81. The van der Waals surface area contributed by atoms with Crippen LogP contribution in [0.4, 0.5) is 0 Å². The molecule has 0 amide bonds. The summed E-state index contributed by atoms with van der Waals surface area (Å²) in [6.07, 6.45) is 0.906. The number of aromatic nitrogens is 2. The molecule has 1 heterocycles. The lowest BCUT2D eigenvalue weighted by Crippen LogP contribution is -2.20. The summed E-state index contributed by atoms with van der Waals surface area (Å²) in [5, 5.41) is 12.2. The van der Waals surface area contributed by atoms with Crippen LogP contribution in [0.5, 0.6) is 0 Å². The highest BCUT2D eigenvalue weighted by atomic mass is 127. The van der Waals surface area contributed by atoms with Gasteiger partial charge < -0.3 is 9.73 Å². The molecule has 2 rings (SSSR count). The van der Waals surface area contributed by atoms with Crippen molar-refractivity contribution in [3.8, 4) is 11.5 Å². The average molecular weight is 392 g/mol. The Kier molecular flexibility index (Phi) is 5.18. The summed E-state index contributed by atoms with van der Waals surface area (Å²) in [6.45, 7) is 5.00. The standard InChI is InChI=1S/C13H15ClIN3O/c1-3-11(16-4-2)13-18-17-12(19-13)8-5-6-10(15)9(14)7-8/h5-7,11,16H,3-4H2,1-2H3. The lowest BCUT2D eigenvalue weighted by Gasteiger charge is -2.10. The second-order valence-electron chi connectivity index (χ2n) is 4.09. The van der Waals surface area contributed by atoms with E-state index in [-0.39, 0.29) is 6.04 Å². The van der Waals surface area contributed by atoms with Gasteiger partial charge in [0.05, 0.1) is 11.1 Å². The molecule has 4 nitrogen and oxygen atoms in total. The van der Waals surface area contributed by atoms with Gasteiger partial charge in [-0.15, -0.1) is 10.2 Å². The van der Waals surface area contributed by atoms with E-state index in [4.69, 9.17) is 16.0 Å². The molecule has 0 saturated heterocycles. The zero-order valence-electron chi connectivity index (χ0n) is 10.8. The first-order chi connectivity index (χ1) is 9.15. The van der Waals surface area contributed by atoms with E-state index in [0.29, 0.717) is 16.8 Å². The lowest BCUT2D eigenvalue weighted by molar-refractivity contribution is 0.402. The minimum absolute atomic E-state index is 0.102. The van der Waals surface area contributed by atoms with Crippen molar-refractivity contribution >= 4 is 34.2 Å². The number of benzene rings is 1. The zero-order chi connectivity index (χ0) is 13.8. The van der Waals surface area contributed by atoms with Crippen molar-refractivity contribution in [3.63, 3.8) is 0 Å². The highest BCUT2D eigenvalue weighted by molar-refractivity contribution is 14.1. The first-order valence-corrected chi connectivity index (χ1v) is 7.63. The predicted octanol–water partition coefficient (Wildman–Crippen LogP) is 4.06. The Morgan fingerprint density at radius 3 is 2.79 bits per heavy atom. The molecule has 0 aliphatic rings. The number of halogens is 2. The molecule has 19 heavy (non-hydrogen) atoms. The van der Waals surface area contributed by atoms with Crippen LogP contribution in [0.2, 0.25) is 5.02 Å². The van der Waals surface area contributed by atoms with Crippen molar-refractivity contribution in [2.24, 2.45) is 0 Å². The van der Waals surface area contributed by atoms with E-state index >= 15 is 0 Å². The molecule has 0 saturated carbocycles. The van der Waals surface area contributed by atoms with E-state index < -0.39 is 0 Å². The van der Waals surface area contributed by atoms with Crippen LogP contribution in [-0.2, 0) is 0 Å². The number of hydrogen-bond acceptors (Lipinski definition) is 4. The van der Waals surface area contributed by atoms with Gasteiger partial charge in [0.15, 0.2) is 0 Å². The van der Waals surface area contributed by atoms with Gasteiger partial charge in [0.1, 0.15) is 0 Å². The Morgan fingerprint density at radius 1 is 1.37 bits per heavy atom. The molecule has 0 aliphatic heterocycles. The quantitative estimate of drug-likeness (QED) is 0.781. The Labute approximate surface area is 131 Å². The highest BCUT2D eigenvalue weighted by Gasteiger charge is 2.16. The smallest absolute Gasteiger partial charge is 0.247 e. The molecule has 1 N–H and O–H groups in total. The fraction of sp³-hybridized carbons (Fsp3) is 0.385. The van der Waals surface area contributed by atoms with Crippen LogP contribution >= 0.6 is 34.2 Å². The third-order valence-corrected chi connectivity index (χ3v) is 4.34. The van der Waals surface area contributed by atoms with Crippen molar-refractivity contribution < 1.29 is 4.42 Å². The summed E-state index contributed by atoms with van der Waals surface area (Å²) in [4.78, 5) is 0. The minimum atomic E-state index is 0.102. The second kappa shape index (κ2) is 6.67. The van der Waals surface area contributed by atoms with E-state index in [1.807, 2.05) is 18.2 Å². The zero-order valence-corrected chi connectivity index (χ0v) is 13.7. The molecule has 0 spiro atoms. The van der Waals surface area contributed by atoms with Crippen LogP contribution in [0.15, 0.2) is 22.6 Å². The van der Waals surface area contributed by atoms with Gasteiger partial charge in [-0.1, -0.05) is 25.4 Å². The molecular weight excluding hydrogens is 377 g/mol. The Hall–Kier alpha value is -0.660. The Bertz CT molecular complexity index is 559. The predicted molar refractivity (Wildman–Crippen MR) is 84.2 cm³/mol. The molecule has 0 radical (unpaired) electrons. The van der Waals surface area contributed by atoms with Crippen LogP contribution in [0.25, 0.3) is 11.5 Å². The highest BCUT2D eigenvalue weighted by Crippen LogP contribution is 2.27. The van der Waals surface area contributed by atoms with Crippen molar-refractivity contribution in [3.05, 3.63) is 32.7 Å². The number of nitrogens with zero attached hydrogens (tertiary/aromatic N) is 2. The van der Waals surface area contributed by atoms with E-state index in [1.54, 1.807) is 0 Å². The molecule has 1 atom stereocenters. The van der Waals surface area contributed by atoms with Crippen LogP contribution in [0.1, 0.15) is 32.2 Å². The average Bonchev–Trinajstić information content (AvgIpc) is 2.88. The van der Waals surface area contributed by atoms with Crippen LogP contribution < -0.4 is 5.32 Å². The molecular formula is C13H15ClIN3O. The first-order valence-electron chi connectivity index (χ1n) is 6.17. The van der Waals surface area contributed by atoms with Gasteiger partial charge in [0.25, 0.3) is 0 Å². The molecule has 2 aromatic rings. The van der Waals surface area contributed by atoms with Crippen LogP contribution in [-0.4, -0.2) is 16.7 Å². The normalized spacial score (nSPS) is 12.6. The maximum atomic E-state index is 6.10. The van der Waals surface area contributed by atoms with E-state index in [1.165, 1.54) is 0 Å². The van der Waals surface area contributed by atoms with Gasteiger partial charge in [0, 0.05) is 9.13 Å². The van der Waals surface area contributed by atoms with Crippen LogP contribution in [0, 0.1) is 3.57 Å². The number of rotatable bonds is 5. The molecule has 0 aliphatic carbocycles. The third-order valence-electron chi connectivity index (χ3n) is 2.76. The summed E-state index contributed by atoms with van der Waals surface area (Å²) >= 11 is 8.28. The van der Waals surface area contributed by atoms with Gasteiger partial charge >= 0.3 is 0 Å². The fourth-order valence-electron chi connectivity index (χ4n) is 1.77. The number of nitrogens with one attached hydrogen (secondary N) is 1. The molecule has 0 fully saturated rings. The maximum absolute atomic E-state index is 6.10. The second-order valence-corrected chi connectivity index (χ2v) is 5.66. The van der Waals surface area contributed by atoms with Crippen molar-refractivity contribution in [1.82, 2.24) is 15.5 Å². The molecule has 1 aromatic carbocycles. The van der Waals surface area contributed by atoms with Crippen LogP contribution in [0.3, 0.4) is 0 Å². The van der Waals surface area contributed by atoms with E-state index in [2.05, 4.69) is 52.0 Å². The minimum Gasteiger partial charge on any atom is -0.419 e. The number of hydrogen-bond donors (Lipinski definition) is 1. The maximum Gasteiger partial charge on any atom is 0.247 e. The molecule has 102 valence electrons.